The number of aromatic hydroxyl groups is 3. The summed E-state index contributed by atoms with van der Waals surface area (Å²) >= 11 is 0. The van der Waals surface area contributed by atoms with E-state index in [1.54, 1.807) is 18.5 Å². The minimum atomic E-state index is -0.564. The summed E-state index contributed by atoms with van der Waals surface area (Å²) in [7, 11) is 0. The molecule has 2 aliphatic rings. The van der Waals surface area contributed by atoms with E-state index in [1.807, 2.05) is 6.07 Å². The molecule has 24 heavy (non-hydrogen) atoms. The number of phenols is 3. The third-order valence-corrected chi connectivity index (χ3v) is 3.85. The maximum Gasteiger partial charge on any atom is 0.223 e. The molecule has 1 aromatic heterocycles. The molecule has 1 aliphatic heterocycles. The van der Waals surface area contributed by atoms with E-state index in [0.29, 0.717) is 27.7 Å². The average molecular weight is 321 g/mol. The van der Waals surface area contributed by atoms with E-state index in [1.165, 1.54) is 24.3 Å². The van der Waals surface area contributed by atoms with Crippen LogP contribution in [0.3, 0.4) is 0 Å². The molecule has 3 N–H and O–H groups in total. The molecule has 2 heterocycles. The predicted molar refractivity (Wildman–Crippen MR) is 87.3 cm³/mol. The SMILES string of the molecule is O=c1cc2oc3cc(O)c(O)cc3c(-c3cccnc3)c-2cc1O. The van der Waals surface area contributed by atoms with Crippen LogP contribution in [0.1, 0.15) is 0 Å². The summed E-state index contributed by atoms with van der Waals surface area (Å²) in [6.07, 6.45) is 3.25. The Morgan fingerprint density at radius 1 is 0.958 bits per heavy atom. The molecule has 0 fully saturated rings. The third-order valence-electron chi connectivity index (χ3n) is 3.85. The number of nitrogens with zero attached hydrogens (tertiary/aromatic N) is 1. The van der Waals surface area contributed by atoms with E-state index >= 15 is 0 Å². The van der Waals surface area contributed by atoms with Crippen molar-refractivity contribution in [3.05, 3.63) is 59.0 Å². The number of hydrogen-bond donors (Lipinski definition) is 3. The quantitative estimate of drug-likeness (QED) is 0.368. The van der Waals surface area contributed by atoms with Crippen molar-refractivity contribution in [1.82, 2.24) is 4.98 Å². The molecule has 6 heteroatoms. The van der Waals surface area contributed by atoms with Crippen molar-refractivity contribution in [2.45, 2.75) is 0 Å². The topological polar surface area (TPSA) is 104 Å². The molecule has 0 radical (unpaired) electrons. The number of rotatable bonds is 1. The van der Waals surface area contributed by atoms with Crippen LogP contribution in [0.4, 0.5) is 0 Å². The van der Waals surface area contributed by atoms with Gasteiger partial charge in [0.15, 0.2) is 17.2 Å². The van der Waals surface area contributed by atoms with E-state index < -0.39 is 11.2 Å². The highest BCUT2D eigenvalue weighted by Gasteiger charge is 2.20. The van der Waals surface area contributed by atoms with Crippen LogP contribution in [0.15, 0.2) is 58.0 Å². The van der Waals surface area contributed by atoms with E-state index in [0.717, 1.165) is 0 Å². The highest BCUT2D eigenvalue weighted by Crippen LogP contribution is 2.43. The zero-order chi connectivity index (χ0) is 16.8. The fourth-order valence-electron chi connectivity index (χ4n) is 2.75. The van der Waals surface area contributed by atoms with Crippen LogP contribution < -0.4 is 5.43 Å². The smallest absolute Gasteiger partial charge is 0.223 e. The molecular formula is C18H11NO5. The van der Waals surface area contributed by atoms with Gasteiger partial charge in [0.25, 0.3) is 0 Å². The number of hydrogen-bond acceptors (Lipinski definition) is 6. The van der Waals surface area contributed by atoms with Gasteiger partial charge in [0.2, 0.25) is 5.43 Å². The zero-order valence-electron chi connectivity index (χ0n) is 12.2. The Hall–Kier alpha value is -3.54. The molecule has 118 valence electrons. The normalized spacial score (nSPS) is 11.2. The lowest BCUT2D eigenvalue weighted by molar-refractivity contribution is 0.404. The number of aromatic nitrogens is 1. The van der Waals surface area contributed by atoms with Gasteiger partial charge in [-0.25, -0.2) is 0 Å². The van der Waals surface area contributed by atoms with Crippen LogP contribution in [-0.4, -0.2) is 20.3 Å². The second-order valence-electron chi connectivity index (χ2n) is 5.37. The number of fused-ring (bicyclic) bond motifs is 2. The summed E-state index contributed by atoms with van der Waals surface area (Å²) in [6, 6.07) is 8.73. The minimum Gasteiger partial charge on any atom is -0.504 e. The molecule has 0 spiro atoms. The third kappa shape index (κ3) is 2.04. The van der Waals surface area contributed by atoms with Crippen LogP contribution in [0, 0.1) is 0 Å². The molecular weight excluding hydrogens is 310 g/mol. The summed E-state index contributed by atoms with van der Waals surface area (Å²) in [5.74, 6) is -0.768. The maximum atomic E-state index is 11.7. The van der Waals surface area contributed by atoms with Gasteiger partial charge < -0.3 is 19.7 Å². The lowest BCUT2D eigenvalue weighted by Gasteiger charge is -2.15. The number of benzene rings is 2. The summed E-state index contributed by atoms with van der Waals surface area (Å²) in [4.78, 5) is 15.8. The standard InChI is InChI=1S/C18H11NO5/c20-12-4-10-16(6-14(12)22)24-17-7-15(23)13(21)5-11(17)18(10)9-2-1-3-19-8-9/h1-8,20-22H. The Balaban J connectivity index is 2.25. The van der Waals surface area contributed by atoms with Gasteiger partial charge in [-0.2, -0.15) is 0 Å². The van der Waals surface area contributed by atoms with E-state index in [4.69, 9.17) is 4.42 Å². The number of pyridine rings is 1. The van der Waals surface area contributed by atoms with Crippen molar-refractivity contribution in [2.24, 2.45) is 0 Å². The Kier molecular flexibility index (Phi) is 2.93. The van der Waals surface area contributed by atoms with Crippen molar-refractivity contribution in [3.8, 4) is 39.7 Å². The summed E-state index contributed by atoms with van der Waals surface area (Å²) in [6.45, 7) is 0. The monoisotopic (exact) mass is 321 g/mol. The molecule has 2 aromatic rings. The second-order valence-corrected chi connectivity index (χ2v) is 5.37. The van der Waals surface area contributed by atoms with Gasteiger partial charge in [-0.1, -0.05) is 6.07 Å². The molecule has 4 rings (SSSR count). The Bertz CT molecular complexity index is 1100. The highest BCUT2D eigenvalue weighted by molar-refractivity contribution is 6.02. The van der Waals surface area contributed by atoms with Gasteiger partial charge in [0.05, 0.1) is 0 Å². The van der Waals surface area contributed by atoms with Gasteiger partial charge in [0.1, 0.15) is 11.3 Å². The molecule has 1 aromatic carbocycles. The lowest BCUT2D eigenvalue weighted by atomic mass is 9.94. The first-order valence-corrected chi connectivity index (χ1v) is 7.10. The van der Waals surface area contributed by atoms with Crippen LogP contribution in [0.5, 0.6) is 17.2 Å². The molecule has 0 unspecified atom stereocenters. The molecule has 0 atom stereocenters. The zero-order valence-corrected chi connectivity index (χ0v) is 12.2. The largest absolute Gasteiger partial charge is 0.504 e. The fraction of sp³-hybridized carbons (Fsp3) is 0. The molecule has 0 bridgehead atoms. The summed E-state index contributed by atoms with van der Waals surface area (Å²) in [5, 5.41) is 29.9. The summed E-state index contributed by atoms with van der Waals surface area (Å²) < 4.78 is 5.68. The van der Waals surface area contributed by atoms with E-state index in [2.05, 4.69) is 4.98 Å². The molecule has 0 amide bonds. The van der Waals surface area contributed by atoms with E-state index in [-0.39, 0.29) is 17.3 Å². The predicted octanol–water partition coefficient (Wildman–Crippen LogP) is 3.08. The first-order valence-electron chi connectivity index (χ1n) is 7.10. The fourth-order valence-corrected chi connectivity index (χ4v) is 2.75. The van der Waals surface area contributed by atoms with Crippen molar-refractivity contribution in [2.75, 3.05) is 0 Å². The van der Waals surface area contributed by atoms with Crippen LogP contribution in [0.2, 0.25) is 0 Å². The maximum absolute atomic E-state index is 11.7. The number of phenolic OH excluding ortho intramolecular Hbond substituents is 3. The van der Waals surface area contributed by atoms with Gasteiger partial charge in [-0.05, 0) is 18.2 Å². The highest BCUT2D eigenvalue weighted by atomic mass is 16.3. The Morgan fingerprint density at radius 3 is 2.50 bits per heavy atom. The van der Waals surface area contributed by atoms with Crippen molar-refractivity contribution in [3.63, 3.8) is 0 Å². The molecule has 6 nitrogen and oxygen atoms in total. The first kappa shape index (κ1) is 14.1. The van der Waals surface area contributed by atoms with Gasteiger partial charge in [0, 0.05) is 46.6 Å². The lowest BCUT2D eigenvalue weighted by Crippen LogP contribution is -2.01. The van der Waals surface area contributed by atoms with Crippen molar-refractivity contribution in [1.29, 1.82) is 0 Å². The minimum absolute atomic E-state index is 0.259. The Morgan fingerprint density at radius 2 is 1.75 bits per heavy atom. The van der Waals surface area contributed by atoms with Crippen molar-refractivity contribution < 1.29 is 19.7 Å². The van der Waals surface area contributed by atoms with Gasteiger partial charge >= 0.3 is 0 Å². The van der Waals surface area contributed by atoms with Crippen LogP contribution in [-0.2, 0) is 0 Å². The molecule has 0 saturated heterocycles. The summed E-state index contributed by atoms with van der Waals surface area (Å²) in [5.41, 5.74) is 1.57. The molecule has 1 aliphatic carbocycles. The van der Waals surface area contributed by atoms with E-state index in [9.17, 15) is 20.1 Å². The van der Waals surface area contributed by atoms with Crippen molar-refractivity contribution >= 4 is 11.0 Å². The van der Waals surface area contributed by atoms with Gasteiger partial charge in [-0.3, -0.25) is 9.78 Å². The molecule has 0 saturated carbocycles. The Labute approximate surface area is 135 Å². The van der Waals surface area contributed by atoms with Gasteiger partial charge in [-0.15, -0.1) is 0 Å². The second kappa shape index (κ2) is 4.99. The van der Waals surface area contributed by atoms with Crippen LogP contribution >= 0.6 is 0 Å². The average Bonchev–Trinajstić information content (AvgIpc) is 2.57. The van der Waals surface area contributed by atoms with Crippen LogP contribution in [0.25, 0.3) is 33.4 Å². The first-order chi connectivity index (χ1) is 11.5.